The SMILES string of the molecule is NCCCN(CCNCCc1ccc(Cl)cc1)C[C@H]1O[C@@H](n2cnc3c2NCN=C3N)C(O)[C@@H]1O. The maximum absolute atomic E-state index is 10.8. The number of imidazole rings is 1. The molecular weight excluding hydrogens is 472 g/mol. The highest BCUT2D eigenvalue weighted by molar-refractivity contribution is 6.30. The highest BCUT2D eigenvalue weighted by atomic mass is 35.5. The van der Waals surface area contributed by atoms with Crippen molar-refractivity contribution < 1.29 is 14.9 Å². The molecule has 0 saturated carbocycles. The first kappa shape index (κ1) is 25.8. The number of nitrogens with zero attached hydrogens (tertiary/aromatic N) is 4. The van der Waals surface area contributed by atoms with Crippen LogP contribution >= 0.6 is 11.6 Å². The number of nitrogens with one attached hydrogen (secondary N) is 2. The second-order valence-corrected chi connectivity index (χ2v) is 9.28. The molecule has 1 aromatic heterocycles. The molecule has 2 aliphatic heterocycles. The molecule has 1 saturated heterocycles. The molecule has 0 radical (unpaired) electrons. The van der Waals surface area contributed by atoms with E-state index in [-0.39, 0.29) is 0 Å². The summed E-state index contributed by atoms with van der Waals surface area (Å²) >= 11 is 5.95. The van der Waals surface area contributed by atoms with E-state index in [1.807, 2.05) is 24.3 Å². The lowest BCUT2D eigenvalue weighted by Crippen LogP contribution is -2.43. The van der Waals surface area contributed by atoms with Crippen LogP contribution in [0.3, 0.4) is 0 Å². The molecule has 0 spiro atoms. The molecule has 1 unspecified atom stereocenters. The number of benzene rings is 1. The lowest BCUT2D eigenvalue weighted by atomic mass is 10.1. The summed E-state index contributed by atoms with van der Waals surface area (Å²) in [4.78, 5) is 10.6. The van der Waals surface area contributed by atoms with Crippen LogP contribution in [0.2, 0.25) is 5.02 Å². The van der Waals surface area contributed by atoms with Gasteiger partial charge in [-0.15, -0.1) is 0 Å². The van der Waals surface area contributed by atoms with Gasteiger partial charge in [-0.3, -0.25) is 9.47 Å². The first-order valence-corrected chi connectivity index (χ1v) is 12.4. The monoisotopic (exact) mass is 506 g/mol. The normalized spacial score (nSPS) is 23.9. The van der Waals surface area contributed by atoms with Crippen LogP contribution in [-0.4, -0.2) is 94.7 Å². The molecule has 2 aromatic rings. The van der Waals surface area contributed by atoms with Crippen molar-refractivity contribution in [3.63, 3.8) is 0 Å². The third kappa shape index (κ3) is 6.31. The highest BCUT2D eigenvalue weighted by Gasteiger charge is 2.45. The molecule has 1 fully saturated rings. The number of aliphatic hydroxyl groups excluding tert-OH is 2. The molecule has 12 heteroatoms. The predicted octanol–water partition coefficient (Wildman–Crippen LogP) is -0.273. The molecule has 2 aliphatic rings. The number of aromatic nitrogens is 2. The molecule has 4 rings (SSSR count). The standard InChI is InChI=1S/C23H35ClN8O3/c24-16-4-2-15(3-5-16)6-8-27-9-11-31(10-1-7-25)12-17-19(33)20(34)23(35-17)32-14-30-18-21(26)28-13-29-22(18)32/h2-5,14,17,19-20,23,27,29,33-34H,1,6-13,25H2,(H2,26,28)/t17-,19-,20?,23-/m1/s1. The van der Waals surface area contributed by atoms with Gasteiger partial charge in [0, 0.05) is 24.7 Å². The van der Waals surface area contributed by atoms with Gasteiger partial charge < -0.3 is 37.1 Å². The Morgan fingerprint density at radius 2 is 2.00 bits per heavy atom. The molecule has 11 nitrogen and oxygen atoms in total. The zero-order valence-corrected chi connectivity index (χ0v) is 20.4. The van der Waals surface area contributed by atoms with Gasteiger partial charge in [0.25, 0.3) is 0 Å². The maximum Gasteiger partial charge on any atom is 0.165 e. The zero-order chi connectivity index (χ0) is 24.8. The fourth-order valence-corrected chi connectivity index (χ4v) is 4.54. The first-order chi connectivity index (χ1) is 17.0. The lowest BCUT2D eigenvalue weighted by molar-refractivity contribution is -0.0449. The van der Waals surface area contributed by atoms with Gasteiger partial charge in [-0.2, -0.15) is 0 Å². The van der Waals surface area contributed by atoms with E-state index in [4.69, 9.17) is 27.8 Å². The van der Waals surface area contributed by atoms with Crippen molar-refractivity contribution in [1.82, 2.24) is 19.8 Å². The Hall–Kier alpha value is -2.25. The van der Waals surface area contributed by atoms with Crippen molar-refractivity contribution in [2.75, 3.05) is 51.3 Å². The van der Waals surface area contributed by atoms with Crippen LogP contribution in [0.15, 0.2) is 35.6 Å². The lowest BCUT2D eigenvalue weighted by Gasteiger charge is -2.27. The number of aliphatic hydroxyl groups is 2. The number of rotatable bonds is 12. The smallest absolute Gasteiger partial charge is 0.165 e. The Kier molecular flexibility index (Phi) is 8.95. The molecule has 192 valence electrons. The van der Waals surface area contributed by atoms with E-state index in [9.17, 15) is 10.2 Å². The van der Waals surface area contributed by atoms with Crippen LogP contribution in [0, 0.1) is 0 Å². The molecule has 8 N–H and O–H groups in total. The van der Waals surface area contributed by atoms with Crippen molar-refractivity contribution in [3.05, 3.63) is 46.9 Å². The third-order valence-electron chi connectivity index (χ3n) is 6.37. The van der Waals surface area contributed by atoms with E-state index < -0.39 is 24.5 Å². The van der Waals surface area contributed by atoms with Gasteiger partial charge in [0.15, 0.2) is 6.23 Å². The molecule has 0 bridgehead atoms. The van der Waals surface area contributed by atoms with Gasteiger partial charge in [-0.05, 0) is 50.2 Å². The molecular formula is C23H35ClN8O3. The fourth-order valence-electron chi connectivity index (χ4n) is 4.41. The Bertz CT molecular complexity index is 986. The average molecular weight is 507 g/mol. The summed E-state index contributed by atoms with van der Waals surface area (Å²) in [6, 6.07) is 7.87. The van der Waals surface area contributed by atoms with Crippen LogP contribution in [0.25, 0.3) is 0 Å². The number of fused-ring (bicyclic) bond motifs is 1. The minimum absolute atomic E-state index is 0.317. The molecule has 35 heavy (non-hydrogen) atoms. The van der Waals surface area contributed by atoms with Crippen LogP contribution in [0.4, 0.5) is 5.82 Å². The minimum atomic E-state index is -1.10. The van der Waals surface area contributed by atoms with E-state index in [1.54, 1.807) is 10.9 Å². The van der Waals surface area contributed by atoms with E-state index in [1.165, 1.54) is 5.56 Å². The van der Waals surface area contributed by atoms with E-state index in [2.05, 4.69) is 25.5 Å². The fraction of sp³-hybridized carbons (Fsp3) is 0.565. The summed E-state index contributed by atoms with van der Waals surface area (Å²) in [5.41, 5.74) is 13.4. The number of hydrogen-bond acceptors (Lipinski definition) is 10. The molecule has 0 aliphatic carbocycles. The van der Waals surface area contributed by atoms with Crippen molar-refractivity contribution in [3.8, 4) is 0 Å². The topological polar surface area (TPSA) is 159 Å². The quantitative estimate of drug-likeness (QED) is 0.213. The van der Waals surface area contributed by atoms with Gasteiger partial charge in [-0.25, -0.2) is 9.98 Å². The number of aliphatic imine (C=N–C) groups is 1. The minimum Gasteiger partial charge on any atom is -0.387 e. The Balaban J connectivity index is 1.30. The summed E-state index contributed by atoms with van der Waals surface area (Å²) in [7, 11) is 0. The van der Waals surface area contributed by atoms with E-state index in [0.717, 1.165) is 44.0 Å². The second kappa shape index (κ2) is 12.1. The van der Waals surface area contributed by atoms with Gasteiger partial charge in [0.05, 0.1) is 6.33 Å². The van der Waals surface area contributed by atoms with E-state index >= 15 is 0 Å². The van der Waals surface area contributed by atoms with Crippen molar-refractivity contribution in [2.45, 2.75) is 37.4 Å². The van der Waals surface area contributed by atoms with Gasteiger partial charge in [0.1, 0.15) is 42.3 Å². The average Bonchev–Trinajstić information content (AvgIpc) is 3.40. The van der Waals surface area contributed by atoms with Crippen LogP contribution in [0.5, 0.6) is 0 Å². The number of halogens is 1. The van der Waals surface area contributed by atoms with Gasteiger partial charge in [0.2, 0.25) is 0 Å². The predicted molar refractivity (Wildman–Crippen MR) is 136 cm³/mol. The summed E-state index contributed by atoms with van der Waals surface area (Å²) in [5.74, 6) is 0.956. The number of nitrogens with two attached hydrogens (primary N) is 2. The first-order valence-electron chi connectivity index (χ1n) is 12.0. The summed E-state index contributed by atoms with van der Waals surface area (Å²) in [6.45, 7) is 4.54. The van der Waals surface area contributed by atoms with Crippen molar-refractivity contribution >= 4 is 23.3 Å². The molecule has 3 heterocycles. The molecule has 0 amide bonds. The molecule has 4 atom stereocenters. The Morgan fingerprint density at radius 3 is 2.77 bits per heavy atom. The van der Waals surface area contributed by atoms with Gasteiger partial charge in [-0.1, -0.05) is 23.7 Å². The van der Waals surface area contributed by atoms with Crippen molar-refractivity contribution in [2.24, 2.45) is 16.5 Å². The van der Waals surface area contributed by atoms with Crippen molar-refractivity contribution in [1.29, 1.82) is 0 Å². The van der Waals surface area contributed by atoms with Gasteiger partial charge >= 0.3 is 0 Å². The Labute approximate surface area is 210 Å². The number of anilines is 1. The number of hydrogen-bond donors (Lipinski definition) is 6. The largest absolute Gasteiger partial charge is 0.387 e. The zero-order valence-electron chi connectivity index (χ0n) is 19.7. The number of amidine groups is 1. The summed E-state index contributed by atoms with van der Waals surface area (Å²) in [6.07, 6.45) is -0.188. The maximum atomic E-state index is 10.8. The van der Waals surface area contributed by atoms with Crippen LogP contribution in [0.1, 0.15) is 23.9 Å². The summed E-state index contributed by atoms with van der Waals surface area (Å²) < 4.78 is 7.81. The molecule has 1 aromatic carbocycles. The van der Waals surface area contributed by atoms with E-state index in [0.29, 0.717) is 37.1 Å². The van der Waals surface area contributed by atoms with Crippen LogP contribution in [-0.2, 0) is 11.2 Å². The third-order valence-corrected chi connectivity index (χ3v) is 6.62. The second-order valence-electron chi connectivity index (χ2n) is 8.84. The summed E-state index contributed by atoms with van der Waals surface area (Å²) in [5, 5.41) is 28.8. The van der Waals surface area contributed by atoms with Crippen LogP contribution < -0.4 is 22.1 Å². The highest BCUT2D eigenvalue weighted by Crippen LogP contribution is 2.33. The number of ether oxygens (including phenoxy) is 1. The Morgan fingerprint density at radius 1 is 1.20 bits per heavy atom.